The van der Waals surface area contributed by atoms with E-state index >= 15 is 0 Å². The van der Waals surface area contributed by atoms with Crippen molar-refractivity contribution in [2.75, 3.05) is 25.0 Å². The molecule has 0 aliphatic rings. The van der Waals surface area contributed by atoms with Crippen LogP contribution in [0.4, 0.5) is 5.69 Å². The van der Waals surface area contributed by atoms with E-state index in [-0.39, 0.29) is 10.8 Å². The van der Waals surface area contributed by atoms with Crippen molar-refractivity contribution >= 4 is 21.6 Å². The maximum atomic E-state index is 13.0. The van der Waals surface area contributed by atoms with Gasteiger partial charge in [0.15, 0.2) is 0 Å². The molecule has 3 rings (SSSR count). The van der Waals surface area contributed by atoms with Crippen molar-refractivity contribution in [3.8, 4) is 0 Å². The van der Waals surface area contributed by atoms with Gasteiger partial charge in [0.25, 0.3) is 15.9 Å². The second kappa shape index (κ2) is 10.0. The van der Waals surface area contributed by atoms with Crippen LogP contribution in [0.15, 0.2) is 89.8 Å². The molecule has 0 unspecified atom stereocenters. The van der Waals surface area contributed by atoms with Crippen LogP contribution < -0.4 is 4.72 Å². The lowest BCUT2D eigenvalue weighted by atomic mass is 10.1. The number of methoxy groups -OCH3 is 1. The second-order valence-corrected chi connectivity index (χ2v) is 8.38. The van der Waals surface area contributed by atoms with Gasteiger partial charge in [0.2, 0.25) is 0 Å². The summed E-state index contributed by atoms with van der Waals surface area (Å²) in [7, 11) is -2.08. The zero-order valence-corrected chi connectivity index (χ0v) is 17.5. The molecule has 156 valence electrons. The van der Waals surface area contributed by atoms with Gasteiger partial charge in [-0.1, -0.05) is 48.5 Å². The molecule has 1 amide bonds. The maximum Gasteiger partial charge on any atom is 0.261 e. The molecule has 3 aromatic carbocycles. The molecular weight excluding hydrogens is 400 g/mol. The van der Waals surface area contributed by atoms with E-state index in [4.69, 9.17) is 4.74 Å². The van der Waals surface area contributed by atoms with Crippen molar-refractivity contribution < 1.29 is 17.9 Å². The lowest BCUT2D eigenvalue weighted by Crippen LogP contribution is -2.33. The Bertz CT molecular complexity index is 1050. The Kier molecular flexibility index (Phi) is 7.21. The fourth-order valence-electron chi connectivity index (χ4n) is 2.93. The van der Waals surface area contributed by atoms with E-state index in [0.29, 0.717) is 30.9 Å². The third-order valence-electron chi connectivity index (χ3n) is 4.51. The number of carbonyl (C=O) groups is 1. The molecular formula is C23H24N2O4S. The van der Waals surface area contributed by atoms with Crippen molar-refractivity contribution in [1.29, 1.82) is 0 Å². The van der Waals surface area contributed by atoms with E-state index in [0.717, 1.165) is 5.56 Å². The monoisotopic (exact) mass is 424 g/mol. The van der Waals surface area contributed by atoms with Crippen LogP contribution in [0.2, 0.25) is 0 Å². The number of ether oxygens (including phenoxy) is 1. The highest BCUT2D eigenvalue weighted by Crippen LogP contribution is 2.18. The Morgan fingerprint density at radius 1 is 0.900 bits per heavy atom. The molecule has 0 spiro atoms. The van der Waals surface area contributed by atoms with Gasteiger partial charge in [-0.3, -0.25) is 9.52 Å². The number of hydrogen-bond acceptors (Lipinski definition) is 4. The number of carbonyl (C=O) groups excluding carboxylic acids is 1. The number of rotatable bonds is 9. The van der Waals surface area contributed by atoms with Gasteiger partial charge < -0.3 is 9.64 Å². The first-order valence-corrected chi connectivity index (χ1v) is 11.0. The van der Waals surface area contributed by atoms with Crippen LogP contribution in [0.3, 0.4) is 0 Å². The Labute approximate surface area is 177 Å². The zero-order chi connectivity index (χ0) is 21.4. The molecule has 0 aliphatic carbocycles. The summed E-state index contributed by atoms with van der Waals surface area (Å²) in [5, 5.41) is 0. The average Bonchev–Trinajstić information content (AvgIpc) is 2.78. The topological polar surface area (TPSA) is 75.7 Å². The largest absolute Gasteiger partial charge is 0.383 e. The third kappa shape index (κ3) is 5.68. The van der Waals surface area contributed by atoms with Crippen molar-refractivity contribution in [2.45, 2.75) is 11.4 Å². The Morgan fingerprint density at radius 2 is 1.50 bits per heavy atom. The highest BCUT2D eigenvalue weighted by atomic mass is 32.2. The van der Waals surface area contributed by atoms with Gasteiger partial charge in [0.05, 0.1) is 11.5 Å². The van der Waals surface area contributed by atoms with Crippen molar-refractivity contribution in [3.63, 3.8) is 0 Å². The number of sulfonamides is 1. The molecule has 30 heavy (non-hydrogen) atoms. The van der Waals surface area contributed by atoms with Crippen LogP contribution in [0.1, 0.15) is 15.9 Å². The number of nitrogens with one attached hydrogen (secondary N) is 1. The highest BCUT2D eigenvalue weighted by molar-refractivity contribution is 7.92. The molecule has 0 aromatic heterocycles. The van der Waals surface area contributed by atoms with Gasteiger partial charge in [0, 0.05) is 31.5 Å². The average molecular weight is 425 g/mol. The van der Waals surface area contributed by atoms with E-state index in [9.17, 15) is 13.2 Å². The quantitative estimate of drug-likeness (QED) is 0.567. The van der Waals surface area contributed by atoms with Gasteiger partial charge in [-0.05, 0) is 42.0 Å². The Morgan fingerprint density at radius 3 is 2.10 bits per heavy atom. The van der Waals surface area contributed by atoms with Crippen molar-refractivity contribution in [2.24, 2.45) is 0 Å². The second-order valence-electron chi connectivity index (χ2n) is 6.70. The lowest BCUT2D eigenvalue weighted by Gasteiger charge is -2.23. The van der Waals surface area contributed by atoms with E-state index in [2.05, 4.69) is 4.72 Å². The first-order chi connectivity index (χ1) is 14.5. The number of hydrogen-bond donors (Lipinski definition) is 1. The minimum Gasteiger partial charge on any atom is -0.383 e. The smallest absolute Gasteiger partial charge is 0.261 e. The van der Waals surface area contributed by atoms with Gasteiger partial charge in [-0.2, -0.15) is 0 Å². The predicted molar refractivity (Wildman–Crippen MR) is 117 cm³/mol. The van der Waals surface area contributed by atoms with Crippen LogP contribution in [-0.4, -0.2) is 39.5 Å². The van der Waals surface area contributed by atoms with Gasteiger partial charge in [-0.15, -0.1) is 0 Å². The van der Waals surface area contributed by atoms with Crippen LogP contribution in [0.5, 0.6) is 0 Å². The molecule has 0 aliphatic heterocycles. The van der Waals surface area contributed by atoms with Gasteiger partial charge in [-0.25, -0.2) is 8.42 Å². The van der Waals surface area contributed by atoms with Crippen molar-refractivity contribution in [1.82, 2.24) is 4.90 Å². The fraction of sp³-hybridized carbons (Fsp3) is 0.174. The minimum absolute atomic E-state index is 0.145. The van der Waals surface area contributed by atoms with Crippen molar-refractivity contribution in [3.05, 3.63) is 96.1 Å². The molecule has 1 N–H and O–H groups in total. The summed E-state index contributed by atoms with van der Waals surface area (Å²) in [6, 6.07) is 24.3. The highest BCUT2D eigenvalue weighted by Gasteiger charge is 2.17. The molecule has 0 atom stereocenters. The normalized spacial score (nSPS) is 11.1. The van der Waals surface area contributed by atoms with E-state index in [1.165, 1.54) is 12.1 Å². The van der Waals surface area contributed by atoms with Crippen LogP contribution in [0.25, 0.3) is 0 Å². The number of benzene rings is 3. The number of anilines is 1. The SMILES string of the molecule is COCCN(Cc1ccccc1)C(=O)c1ccc(NS(=O)(=O)c2ccccc2)cc1. The summed E-state index contributed by atoms with van der Waals surface area (Å²) in [5.41, 5.74) is 1.89. The Hall–Kier alpha value is -3.16. The summed E-state index contributed by atoms with van der Waals surface area (Å²) >= 11 is 0. The first-order valence-electron chi connectivity index (χ1n) is 9.49. The Balaban J connectivity index is 1.73. The molecule has 0 fully saturated rings. The van der Waals surface area contributed by atoms with Gasteiger partial charge in [0.1, 0.15) is 0 Å². The van der Waals surface area contributed by atoms with E-state index in [1.807, 2.05) is 30.3 Å². The van der Waals surface area contributed by atoms with Crippen LogP contribution in [-0.2, 0) is 21.3 Å². The van der Waals surface area contributed by atoms with Gasteiger partial charge >= 0.3 is 0 Å². The standard InChI is InChI=1S/C23H24N2O4S/c1-29-17-16-25(18-19-8-4-2-5-9-19)23(26)20-12-14-21(15-13-20)24-30(27,28)22-10-6-3-7-11-22/h2-15,24H,16-18H2,1H3. The number of amides is 1. The molecule has 7 heteroatoms. The molecule has 0 radical (unpaired) electrons. The molecule has 3 aromatic rings. The van der Waals surface area contributed by atoms with Crippen LogP contribution >= 0.6 is 0 Å². The third-order valence-corrected chi connectivity index (χ3v) is 5.90. The molecule has 0 heterocycles. The number of nitrogens with zero attached hydrogens (tertiary/aromatic N) is 1. The minimum atomic E-state index is -3.68. The predicted octanol–water partition coefficient (Wildman–Crippen LogP) is 3.78. The molecule has 6 nitrogen and oxygen atoms in total. The van der Waals surface area contributed by atoms with E-state index in [1.54, 1.807) is 54.5 Å². The lowest BCUT2D eigenvalue weighted by molar-refractivity contribution is 0.0680. The maximum absolute atomic E-state index is 13.0. The van der Waals surface area contributed by atoms with Crippen LogP contribution in [0, 0.1) is 0 Å². The summed E-state index contributed by atoms with van der Waals surface area (Å²) in [4.78, 5) is 14.9. The first kappa shape index (κ1) is 21.5. The molecule has 0 saturated heterocycles. The molecule has 0 bridgehead atoms. The fourth-order valence-corrected chi connectivity index (χ4v) is 4.01. The zero-order valence-electron chi connectivity index (χ0n) is 16.7. The van der Waals surface area contributed by atoms with E-state index < -0.39 is 10.0 Å². The summed E-state index contributed by atoms with van der Waals surface area (Å²) in [6.07, 6.45) is 0. The summed E-state index contributed by atoms with van der Waals surface area (Å²) < 4.78 is 32.6. The summed E-state index contributed by atoms with van der Waals surface area (Å²) in [6.45, 7) is 1.34. The summed E-state index contributed by atoms with van der Waals surface area (Å²) in [5.74, 6) is -0.145. The molecule has 0 saturated carbocycles.